The Bertz CT molecular complexity index is 540. The van der Waals surface area contributed by atoms with Crippen molar-refractivity contribution in [2.75, 3.05) is 0 Å². The van der Waals surface area contributed by atoms with Crippen LogP contribution in [0.3, 0.4) is 0 Å². The minimum atomic E-state index is 0.280. The van der Waals surface area contributed by atoms with Crippen LogP contribution in [0.1, 0.15) is 46.5 Å². The molecule has 22 heavy (non-hydrogen) atoms. The monoisotopic (exact) mass is 295 g/mol. The maximum Gasteiger partial charge on any atom is 0.0376 e. The molecule has 1 nitrogen and oxygen atoms in total. The topological polar surface area (TPSA) is 3.24 Å². The van der Waals surface area contributed by atoms with Gasteiger partial charge in [-0.15, -0.1) is 0 Å². The highest BCUT2D eigenvalue weighted by molar-refractivity contribution is 5.30. The fraction of sp³-hybridized carbons (Fsp3) is 0.429. The Morgan fingerprint density at radius 3 is 2.73 bits per heavy atom. The predicted molar refractivity (Wildman–Crippen MR) is 97.3 cm³/mol. The van der Waals surface area contributed by atoms with Gasteiger partial charge in [-0.3, -0.25) is 0 Å². The van der Waals surface area contributed by atoms with Crippen LogP contribution in [0.15, 0.2) is 72.7 Å². The van der Waals surface area contributed by atoms with E-state index in [0.29, 0.717) is 6.04 Å². The third kappa shape index (κ3) is 4.37. The van der Waals surface area contributed by atoms with Crippen LogP contribution in [-0.4, -0.2) is 10.9 Å². The highest BCUT2D eigenvalue weighted by Gasteiger charge is 2.24. The van der Waals surface area contributed by atoms with Gasteiger partial charge in [0.25, 0.3) is 0 Å². The third-order valence-electron chi connectivity index (χ3n) is 4.39. The lowest BCUT2D eigenvalue weighted by Crippen LogP contribution is -2.34. The van der Waals surface area contributed by atoms with E-state index in [4.69, 9.17) is 0 Å². The Balaban J connectivity index is 2.26. The lowest BCUT2D eigenvalue weighted by molar-refractivity contribution is 0.295. The normalized spacial score (nSPS) is 24.4. The average Bonchev–Trinajstić information content (AvgIpc) is 2.50. The maximum atomic E-state index is 3.74. The van der Waals surface area contributed by atoms with Crippen LogP contribution in [0.4, 0.5) is 0 Å². The van der Waals surface area contributed by atoms with Crippen molar-refractivity contribution < 1.29 is 0 Å². The average molecular weight is 295 g/mol. The molecule has 2 aliphatic rings. The summed E-state index contributed by atoms with van der Waals surface area (Å²) < 4.78 is 0. The summed E-state index contributed by atoms with van der Waals surface area (Å²) in [5.41, 5.74) is 2.93. The van der Waals surface area contributed by atoms with E-state index >= 15 is 0 Å². The third-order valence-corrected chi connectivity index (χ3v) is 4.39. The fourth-order valence-corrected chi connectivity index (χ4v) is 3.06. The summed E-state index contributed by atoms with van der Waals surface area (Å²) in [4.78, 5) is 2.52. The van der Waals surface area contributed by atoms with Crippen LogP contribution in [0.2, 0.25) is 0 Å². The number of hydrogen-bond donors (Lipinski definition) is 0. The number of hydrogen-bond acceptors (Lipinski definition) is 1. The van der Waals surface area contributed by atoms with Crippen molar-refractivity contribution in [2.24, 2.45) is 5.41 Å². The van der Waals surface area contributed by atoms with Gasteiger partial charge in [0.2, 0.25) is 0 Å². The zero-order valence-corrected chi connectivity index (χ0v) is 14.3. The molecule has 0 bridgehead atoms. The minimum absolute atomic E-state index is 0.280. The molecular formula is C21H29N. The summed E-state index contributed by atoms with van der Waals surface area (Å²) in [5, 5.41) is 0. The molecule has 1 heteroatoms. The van der Waals surface area contributed by atoms with E-state index in [0.717, 1.165) is 12.8 Å². The fourth-order valence-electron chi connectivity index (χ4n) is 3.06. The van der Waals surface area contributed by atoms with Gasteiger partial charge >= 0.3 is 0 Å². The summed E-state index contributed by atoms with van der Waals surface area (Å²) in [7, 11) is 0. The van der Waals surface area contributed by atoms with Crippen molar-refractivity contribution in [3.63, 3.8) is 0 Å². The molecule has 1 atom stereocenters. The molecule has 2 rings (SSSR count). The SMILES string of the molecule is C=C/C=C\C=C(/C)N(C1=CCC(C)(C)C=C1)C1CC=CCC1. The summed E-state index contributed by atoms with van der Waals surface area (Å²) in [5.74, 6) is 0. The summed E-state index contributed by atoms with van der Waals surface area (Å²) in [6.45, 7) is 10.5. The van der Waals surface area contributed by atoms with E-state index in [1.165, 1.54) is 24.2 Å². The Labute approximate surface area is 136 Å². The Hall–Kier alpha value is -1.76. The Morgan fingerprint density at radius 1 is 1.32 bits per heavy atom. The van der Waals surface area contributed by atoms with Crippen LogP contribution in [0, 0.1) is 5.41 Å². The van der Waals surface area contributed by atoms with Crippen molar-refractivity contribution in [3.8, 4) is 0 Å². The molecule has 0 aliphatic heterocycles. The lowest BCUT2D eigenvalue weighted by atomic mass is 9.85. The lowest BCUT2D eigenvalue weighted by Gasteiger charge is -2.38. The van der Waals surface area contributed by atoms with Gasteiger partial charge in [0.15, 0.2) is 0 Å². The van der Waals surface area contributed by atoms with Gasteiger partial charge in [0, 0.05) is 17.4 Å². The van der Waals surface area contributed by atoms with Crippen molar-refractivity contribution in [3.05, 3.63) is 72.7 Å². The molecule has 118 valence electrons. The van der Waals surface area contributed by atoms with Gasteiger partial charge in [-0.1, -0.05) is 63.0 Å². The number of allylic oxidation sites excluding steroid dienone is 9. The van der Waals surface area contributed by atoms with E-state index in [2.05, 4.69) is 74.8 Å². The summed E-state index contributed by atoms with van der Waals surface area (Å²) in [6, 6.07) is 0.565. The van der Waals surface area contributed by atoms with Crippen molar-refractivity contribution in [2.45, 2.75) is 52.5 Å². The van der Waals surface area contributed by atoms with E-state index < -0.39 is 0 Å². The highest BCUT2D eigenvalue weighted by Crippen LogP contribution is 2.33. The Morgan fingerprint density at radius 2 is 2.14 bits per heavy atom. The molecular weight excluding hydrogens is 266 g/mol. The second-order valence-electron chi connectivity index (χ2n) is 6.89. The molecule has 0 fully saturated rings. The number of rotatable bonds is 5. The molecule has 0 saturated carbocycles. The first-order valence-electron chi connectivity index (χ1n) is 8.33. The second-order valence-corrected chi connectivity index (χ2v) is 6.89. The van der Waals surface area contributed by atoms with Crippen LogP contribution in [0.5, 0.6) is 0 Å². The first-order valence-corrected chi connectivity index (χ1v) is 8.33. The molecule has 0 N–H and O–H groups in total. The molecule has 1 unspecified atom stereocenters. The number of nitrogens with zero attached hydrogens (tertiary/aromatic N) is 1. The van der Waals surface area contributed by atoms with Crippen LogP contribution in [-0.2, 0) is 0 Å². The van der Waals surface area contributed by atoms with Crippen LogP contribution in [0.25, 0.3) is 0 Å². The largest absolute Gasteiger partial charge is 0.342 e. The molecule has 0 spiro atoms. The van der Waals surface area contributed by atoms with Gasteiger partial charge < -0.3 is 4.90 Å². The van der Waals surface area contributed by atoms with Crippen molar-refractivity contribution in [1.29, 1.82) is 0 Å². The molecule has 2 aliphatic carbocycles. The van der Waals surface area contributed by atoms with E-state index in [1.807, 2.05) is 12.2 Å². The van der Waals surface area contributed by atoms with Gasteiger partial charge in [-0.05, 0) is 50.2 Å². The zero-order chi connectivity index (χ0) is 16.0. The molecule has 0 heterocycles. The smallest absolute Gasteiger partial charge is 0.0376 e. The molecule has 0 aromatic rings. The summed E-state index contributed by atoms with van der Waals surface area (Å²) >= 11 is 0. The molecule has 0 saturated heterocycles. The second kappa shape index (κ2) is 7.49. The van der Waals surface area contributed by atoms with Crippen molar-refractivity contribution >= 4 is 0 Å². The molecule has 0 aromatic carbocycles. The van der Waals surface area contributed by atoms with E-state index in [1.54, 1.807) is 0 Å². The van der Waals surface area contributed by atoms with E-state index in [9.17, 15) is 0 Å². The highest BCUT2D eigenvalue weighted by atomic mass is 15.2. The van der Waals surface area contributed by atoms with Gasteiger partial charge in [-0.25, -0.2) is 0 Å². The van der Waals surface area contributed by atoms with Gasteiger partial charge in [0.05, 0.1) is 0 Å². The standard InChI is InChI=1S/C21H29N/c1-5-6-8-11-18(2)22(19-12-9-7-10-13-19)20-14-16-21(3,4)17-15-20/h5-9,11,14-16,19H,1,10,12-13,17H2,2-4H3/b8-6-,18-11+. The Kier molecular flexibility index (Phi) is 5.65. The maximum absolute atomic E-state index is 3.74. The van der Waals surface area contributed by atoms with Crippen molar-refractivity contribution in [1.82, 2.24) is 4.90 Å². The molecule has 0 aromatic heterocycles. The van der Waals surface area contributed by atoms with Crippen LogP contribution >= 0.6 is 0 Å². The van der Waals surface area contributed by atoms with Gasteiger partial charge in [0.1, 0.15) is 0 Å². The first-order chi connectivity index (χ1) is 10.5. The molecule has 0 amide bonds. The predicted octanol–water partition coefficient (Wildman–Crippen LogP) is 5.91. The molecule has 0 radical (unpaired) electrons. The summed E-state index contributed by atoms with van der Waals surface area (Å²) in [6.07, 6.45) is 24.4. The quantitative estimate of drug-likeness (QED) is 0.450. The van der Waals surface area contributed by atoms with E-state index in [-0.39, 0.29) is 5.41 Å². The van der Waals surface area contributed by atoms with Gasteiger partial charge in [-0.2, -0.15) is 0 Å². The first kappa shape index (κ1) is 16.6. The minimum Gasteiger partial charge on any atom is -0.342 e. The van der Waals surface area contributed by atoms with Crippen LogP contribution < -0.4 is 0 Å². The zero-order valence-electron chi connectivity index (χ0n) is 14.3.